The number of hydrogen-bond acceptors (Lipinski definition) is 4. The standard InChI is InChI=1S/C15H20N4O/c1-10-4-3-5-12-14(10)17-13(18-15(12)20)9-19-7-6-16-11(2)8-19/h3-5,11,16H,6-9H2,1-2H3,(H,17,18,20)/t11-/m1/s1. The summed E-state index contributed by atoms with van der Waals surface area (Å²) in [6.07, 6.45) is 0. The van der Waals surface area contributed by atoms with Crippen LogP contribution < -0.4 is 10.9 Å². The van der Waals surface area contributed by atoms with Crippen molar-refractivity contribution in [3.8, 4) is 0 Å². The van der Waals surface area contributed by atoms with Gasteiger partial charge in [-0.05, 0) is 25.5 Å². The van der Waals surface area contributed by atoms with Gasteiger partial charge in [-0.15, -0.1) is 0 Å². The molecular formula is C15H20N4O. The first-order valence-corrected chi connectivity index (χ1v) is 7.08. The fourth-order valence-corrected chi connectivity index (χ4v) is 2.79. The van der Waals surface area contributed by atoms with E-state index in [1.165, 1.54) is 0 Å². The maximum atomic E-state index is 12.1. The van der Waals surface area contributed by atoms with E-state index in [2.05, 4.69) is 27.1 Å². The Balaban J connectivity index is 1.92. The molecule has 106 valence electrons. The SMILES string of the molecule is Cc1cccc2c(=O)[nH]c(CN3CCN[C@H](C)C3)nc12. The lowest BCUT2D eigenvalue weighted by molar-refractivity contribution is 0.195. The Kier molecular flexibility index (Phi) is 3.54. The second-order valence-corrected chi connectivity index (χ2v) is 5.57. The van der Waals surface area contributed by atoms with E-state index in [1.54, 1.807) is 0 Å². The molecule has 20 heavy (non-hydrogen) atoms. The normalized spacial score (nSPS) is 20.4. The number of nitrogens with one attached hydrogen (secondary N) is 2. The fraction of sp³-hybridized carbons (Fsp3) is 0.467. The van der Waals surface area contributed by atoms with Crippen molar-refractivity contribution in [3.63, 3.8) is 0 Å². The van der Waals surface area contributed by atoms with E-state index in [0.29, 0.717) is 18.0 Å². The van der Waals surface area contributed by atoms with Crippen LogP contribution in [0.25, 0.3) is 10.9 Å². The van der Waals surface area contributed by atoms with Crippen molar-refractivity contribution in [1.29, 1.82) is 0 Å². The van der Waals surface area contributed by atoms with Gasteiger partial charge in [-0.3, -0.25) is 9.69 Å². The first kappa shape index (κ1) is 13.3. The lowest BCUT2D eigenvalue weighted by Crippen LogP contribution is -2.48. The minimum Gasteiger partial charge on any atom is -0.312 e. The van der Waals surface area contributed by atoms with Gasteiger partial charge in [0.2, 0.25) is 0 Å². The number of para-hydroxylation sites is 1. The lowest BCUT2D eigenvalue weighted by atomic mass is 10.1. The van der Waals surface area contributed by atoms with E-state index in [1.807, 2.05) is 25.1 Å². The largest absolute Gasteiger partial charge is 0.312 e. The minimum atomic E-state index is -0.0446. The van der Waals surface area contributed by atoms with Crippen LogP contribution in [-0.2, 0) is 6.54 Å². The molecule has 1 saturated heterocycles. The maximum absolute atomic E-state index is 12.1. The first-order valence-electron chi connectivity index (χ1n) is 7.08. The summed E-state index contributed by atoms with van der Waals surface area (Å²) in [6.45, 7) is 7.82. The fourth-order valence-electron chi connectivity index (χ4n) is 2.79. The zero-order valence-corrected chi connectivity index (χ0v) is 11.9. The third-order valence-corrected chi connectivity index (χ3v) is 3.81. The molecule has 5 heteroatoms. The third kappa shape index (κ3) is 2.59. The van der Waals surface area contributed by atoms with Gasteiger partial charge in [0.05, 0.1) is 17.4 Å². The molecular weight excluding hydrogens is 252 g/mol. The first-order chi connectivity index (χ1) is 9.63. The Morgan fingerprint density at radius 1 is 1.45 bits per heavy atom. The zero-order valence-electron chi connectivity index (χ0n) is 11.9. The molecule has 0 radical (unpaired) electrons. The van der Waals surface area contributed by atoms with E-state index in [4.69, 9.17) is 0 Å². The van der Waals surface area contributed by atoms with Gasteiger partial charge in [-0.2, -0.15) is 0 Å². The monoisotopic (exact) mass is 272 g/mol. The average Bonchev–Trinajstić information content (AvgIpc) is 2.40. The Labute approximate surface area is 118 Å². The zero-order chi connectivity index (χ0) is 14.1. The van der Waals surface area contributed by atoms with Crippen molar-refractivity contribution in [2.45, 2.75) is 26.4 Å². The summed E-state index contributed by atoms with van der Waals surface area (Å²) in [5.74, 6) is 0.755. The van der Waals surface area contributed by atoms with Gasteiger partial charge in [0.1, 0.15) is 5.82 Å². The molecule has 2 N–H and O–H groups in total. The molecule has 2 heterocycles. The van der Waals surface area contributed by atoms with E-state index >= 15 is 0 Å². The number of H-pyrrole nitrogens is 1. The summed E-state index contributed by atoms with van der Waals surface area (Å²) < 4.78 is 0. The number of piperazine rings is 1. The van der Waals surface area contributed by atoms with Gasteiger partial charge in [0, 0.05) is 25.7 Å². The van der Waals surface area contributed by atoms with E-state index < -0.39 is 0 Å². The molecule has 1 aromatic carbocycles. The number of rotatable bonds is 2. The summed E-state index contributed by atoms with van der Waals surface area (Å²) in [5.41, 5.74) is 1.81. The maximum Gasteiger partial charge on any atom is 0.258 e. The molecule has 0 amide bonds. The number of nitrogens with zero attached hydrogens (tertiary/aromatic N) is 2. The van der Waals surface area contributed by atoms with Crippen molar-refractivity contribution >= 4 is 10.9 Å². The van der Waals surface area contributed by atoms with Crippen LogP contribution in [0, 0.1) is 6.92 Å². The molecule has 1 fully saturated rings. The van der Waals surface area contributed by atoms with Gasteiger partial charge >= 0.3 is 0 Å². The molecule has 1 aliphatic rings. The molecule has 1 aromatic heterocycles. The number of aromatic nitrogens is 2. The van der Waals surface area contributed by atoms with Crippen molar-refractivity contribution in [3.05, 3.63) is 39.9 Å². The number of hydrogen-bond donors (Lipinski definition) is 2. The quantitative estimate of drug-likeness (QED) is 0.857. The molecule has 0 spiro atoms. The van der Waals surface area contributed by atoms with Crippen LogP contribution in [0.1, 0.15) is 18.3 Å². The summed E-state index contributed by atoms with van der Waals surface area (Å²) in [6, 6.07) is 6.19. The third-order valence-electron chi connectivity index (χ3n) is 3.81. The molecule has 5 nitrogen and oxygen atoms in total. The molecule has 1 aliphatic heterocycles. The van der Waals surface area contributed by atoms with Gasteiger partial charge in [0.15, 0.2) is 0 Å². The van der Waals surface area contributed by atoms with Crippen molar-refractivity contribution < 1.29 is 0 Å². The number of aromatic amines is 1. The molecule has 2 aromatic rings. The Hall–Kier alpha value is -1.72. The predicted octanol–water partition coefficient (Wildman–Crippen LogP) is 1.03. The summed E-state index contributed by atoms with van der Waals surface area (Å²) in [4.78, 5) is 22.0. The van der Waals surface area contributed by atoms with Crippen LogP contribution in [0.5, 0.6) is 0 Å². The number of benzene rings is 1. The van der Waals surface area contributed by atoms with Crippen molar-refractivity contribution in [1.82, 2.24) is 20.2 Å². The Bertz CT molecular complexity index is 679. The highest BCUT2D eigenvalue weighted by Crippen LogP contribution is 2.13. The smallest absolute Gasteiger partial charge is 0.258 e. The summed E-state index contributed by atoms with van der Waals surface area (Å²) in [5, 5.41) is 4.08. The van der Waals surface area contributed by atoms with Gasteiger partial charge < -0.3 is 10.3 Å². The van der Waals surface area contributed by atoms with Crippen LogP contribution in [-0.4, -0.2) is 40.5 Å². The number of fused-ring (bicyclic) bond motifs is 1. The van der Waals surface area contributed by atoms with Crippen LogP contribution in [0.2, 0.25) is 0 Å². The number of aryl methyl sites for hydroxylation is 1. The minimum absolute atomic E-state index is 0.0446. The van der Waals surface area contributed by atoms with Crippen molar-refractivity contribution in [2.75, 3.05) is 19.6 Å². The van der Waals surface area contributed by atoms with Crippen molar-refractivity contribution in [2.24, 2.45) is 0 Å². The van der Waals surface area contributed by atoms with Gasteiger partial charge in [0.25, 0.3) is 5.56 Å². The molecule has 1 atom stereocenters. The second-order valence-electron chi connectivity index (χ2n) is 5.57. The Morgan fingerprint density at radius 2 is 2.30 bits per heavy atom. The average molecular weight is 272 g/mol. The molecule has 0 unspecified atom stereocenters. The molecule has 0 saturated carbocycles. The molecule has 0 bridgehead atoms. The van der Waals surface area contributed by atoms with E-state index in [-0.39, 0.29) is 5.56 Å². The van der Waals surface area contributed by atoms with Gasteiger partial charge in [-0.1, -0.05) is 12.1 Å². The molecule has 3 rings (SSSR count). The van der Waals surface area contributed by atoms with Crippen LogP contribution in [0.4, 0.5) is 0 Å². The van der Waals surface area contributed by atoms with Crippen LogP contribution in [0.3, 0.4) is 0 Å². The topological polar surface area (TPSA) is 61.0 Å². The molecule has 0 aliphatic carbocycles. The van der Waals surface area contributed by atoms with E-state index in [0.717, 1.165) is 36.5 Å². The highest BCUT2D eigenvalue weighted by molar-refractivity contribution is 5.80. The second kappa shape index (κ2) is 5.34. The highest BCUT2D eigenvalue weighted by Gasteiger charge is 2.17. The van der Waals surface area contributed by atoms with Gasteiger partial charge in [-0.25, -0.2) is 4.98 Å². The lowest BCUT2D eigenvalue weighted by Gasteiger charge is -2.31. The highest BCUT2D eigenvalue weighted by atomic mass is 16.1. The Morgan fingerprint density at radius 3 is 3.10 bits per heavy atom. The predicted molar refractivity (Wildman–Crippen MR) is 79.8 cm³/mol. The van der Waals surface area contributed by atoms with Crippen LogP contribution in [0.15, 0.2) is 23.0 Å². The van der Waals surface area contributed by atoms with Crippen LogP contribution >= 0.6 is 0 Å². The van der Waals surface area contributed by atoms with E-state index in [9.17, 15) is 4.79 Å². The summed E-state index contributed by atoms with van der Waals surface area (Å²) in [7, 11) is 0. The summed E-state index contributed by atoms with van der Waals surface area (Å²) >= 11 is 0.